The molecule has 2 fully saturated rings. The monoisotopic (exact) mass is 212 g/mol. The van der Waals surface area contributed by atoms with Gasteiger partial charge in [0.05, 0.1) is 6.61 Å². The third kappa shape index (κ3) is 3.09. The molecule has 0 aromatic rings. The van der Waals surface area contributed by atoms with Gasteiger partial charge in [0.1, 0.15) is 0 Å². The molecule has 0 radical (unpaired) electrons. The summed E-state index contributed by atoms with van der Waals surface area (Å²) in [6, 6.07) is 0. The predicted molar refractivity (Wildman–Crippen MR) is 57.7 cm³/mol. The Labute approximate surface area is 91.0 Å². The first kappa shape index (κ1) is 10.7. The van der Waals surface area contributed by atoms with E-state index in [1.54, 1.807) is 0 Å². The molecule has 1 N–H and O–H groups in total. The molecule has 0 unspecified atom stereocenters. The highest BCUT2D eigenvalue weighted by Crippen LogP contribution is 2.15. The molecule has 0 aromatic heterocycles. The fraction of sp³-hybridized carbons (Fsp3) is 0.909. The molecular weight excluding hydrogens is 192 g/mol. The molecule has 2 saturated heterocycles. The number of ether oxygens (including phenoxy) is 1. The van der Waals surface area contributed by atoms with Crippen molar-refractivity contribution in [3.63, 3.8) is 0 Å². The maximum absolute atomic E-state index is 11.6. The number of nitrogens with zero attached hydrogens (tertiary/aromatic N) is 1. The molecule has 2 aliphatic rings. The van der Waals surface area contributed by atoms with Gasteiger partial charge in [0, 0.05) is 13.1 Å². The zero-order valence-corrected chi connectivity index (χ0v) is 9.21. The van der Waals surface area contributed by atoms with Crippen LogP contribution in [0.5, 0.6) is 0 Å². The number of carbonyl (C=O) groups is 1. The lowest BCUT2D eigenvalue weighted by Gasteiger charge is -2.28. The van der Waals surface area contributed by atoms with Gasteiger partial charge in [-0.1, -0.05) is 0 Å². The quantitative estimate of drug-likeness (QED) is 0.748. The van der Waals surface area contributed by atoms with Gasteiger partial charge in [-0.2, -0.15) is 0 Å². The van der Waals surface area contributed by atoms with Crippen molar-refractivity contribution in [2.75, 3.05) is 32.8 Å². The zero-order valence-electron chi connectivity index (χ0n) is 9.21. The molecular formula is C11H20N2O2. The lowest BCUT2D eigenvalue weighted by Crippen LogP contribution is -2.39. The number of carbonyl (C=O) groups excluding carboxylic acids is 1. The van der Waals surface area contributed by atoms with E-state index < -0.39 is 0 Å². The van der Waals surface area contributed by atoms with E-state index in [1.165, 1.54) is 12.8 Å². The van der Waals surface area contributed by atoms with Gasteiger partial charge in [-0.3, -0.25) is 0 Å². The second kappa shape index (κ2) is 5.35. The highest BCUT2D eigenvalue weighted by Gasteiger charge is 2.22. The normalized spacial score (nSPS) is 24.8. The summed E-state index contributed by atoms with van der Waals surface area (Å²) in [5.41, 5.74) is 0. The number of cyclic esters (lactones) is 1. The van der Waals surface area contributed by atoms with Crippen LogP contribution in [0, 0.1) is 5.92 Å². The van der Waals surface area contributed by atoms with E-state index in [2.05, 4.69) is 5.32 Å². The first-order valence-electron chi connectivity index (χ1n) is 5.98. The number of rotatable bonds is 2. The maximum atomic E-state index is 11.6. The maximum Gasteiger partial charge on any atom is 0.409 e. The Morgan fingerprint density at radius 3 is 2.93 bits per heavy atom. The zero-order chi connectivity index (χ0) is 10.5. The fourth-order valence-electron chi connectivity index (χ4n) is 2.29. The van der Waals surface area contributed by atoms with Crippen LogP contribution in [0.15, 0.2) is 0 Å². The van der Waals surface area contributed by atoms with E-state index in [0.717, 1.165) is 39.0 Å². The number of hydrogen-bond acceptors (Lipinski definition) is 3. The highest BCUT2D eigenvalue weighted by molar-refractivity contribution is 5.67. The average molecular weight is 212 g/mol. The molecule has 0 bridgehead atoms. The van der Waals surface area contributed by atoms with Gasteiger partial charge in [0.15, 0.2) is 0 Å². The van der Waals surface area contributed by atoms with Crippen molar-refractivity contribution >= 4 is 6.09 Å². The van der Waals surface area contributed by atoms with Gasteiger partial charge in [-0.25, -0.2) is 4.79 Å². The van der Waals surface area contributed by atoms with Crippen molar-refractivity contribution < 1.29 is 9.53 Å². The van der Waals surface area contributed by atoms with Crippen LogP contribution in [0.1, 0.15) is 25.7 Å². The first-order valence-corrected chi connectivity index (χ1v) is 5.98. The first-order chi connectivity index (χ1) is 7.36. The van der Waals surface area contributed by atoms with Crippen molar-refractivity contribution in [3.8, 4) is 0 Å². The number of piperidine rings is 1. The fourth-order valence-corrected chi connectivity index (χ4v) is 2.29. The molecule has 4 heteroatoms. The molecule has 2 rings (SSSR count). The predicted octanol–water partition coefficient (Wildman–Crippen LogP) is 1.22. The van der Waals surface area contributed by atoms with Crippen LogP contribution in [0.3, 0.4) is 0 Å². The van der Waals surface area contributed by atoms with E-state index in [-0.39, 0.29) is 6.09 Å². The minimum Gasteiger partial charge on any atom is -0.449 e. The van der Waals surface area contributed by atoms with Crippen LogP contribution in [-0.2, 0) is 4.74 Å². The average Bonchev–Trinajstić information content (AvgIpc) is 2.46. The van der Waals surface area contributed by atoms with Gasteiger partial charge >= 0.3 is 6.09 Å². The van der Waals surface area contributed by atoms with Crippen molar-refractivity contribution in [1.29, 1.82) is 0 Å². The van der Waals surface area contributed by atoms with Crippen LogP contribution in [-0.4, -0.2) is 43.8 Å². The molecule has 1 amide bonds. The Kier molecular flexibility index (Phi) is 3.83. The van der Waals surface area contributed by atoms with E-state index in [1.807, 2.05) is 4.90 Å². The lowest BCUT2D eigenvalue weighted by molar-refractivity contribution is 0.107. The van der Waals surface area contributed by atoms with Crippen molar-refractivity contribution in [2.45, 2.75) is 25.7 Å². The Morgan fingerprint density at radius 2 is 2.13 bits per heavy atom. The molecule has 86 valence electrons. The van der Waals surface area contributed by atoms with E-state index in [0.29, 0.717) is 12.5 Å². The summed E-state index contributed by atoms with van der Waals surface area (Å²) in [5, 5.41) is 3.34. The third-order valence-electron chi connectivity index (χ3n) is 3.24. The standard InChI is InChI=1S/C11H20N2O2/c14-11-13(7-1-2-8-15-11)9-10-3-5-12-6-4-10/h10,12H,1-9H2. The summed E-state index contributed by atoms with van der Waals surface area (Å²) in [4.78, 5) is 13.5. The molecule has 4 nitrogen and oxygen atoms in total. The number of hydrogen-bond donors (Lipinski definition) is 1. The third-order valence-corrected chi connectivity index (χ3v) is 3.24. The largest absolute Gasteiger partial charge is 0.449 e. The van der Waals surface area contributed by atoms with Gasteiger partial charge in [0.25, 0.3) is 0 Å². The van der Waals surface area contributed by atoms with Crippen molar-refractivity contribution in [1.82, 2.24) is 10.2 Å². The van der Waals surface area contributed by atoms with Crippen LogP contribution in [0.2, 0.25) is 0 Å². The van der Waals surface area contributed by atoms with Crippen LogP contribution < -0.4 is 5.32 Å². The molecule has 0 saturated carbocycles. The second-order valence-electron chi connectivity index (χ2n) is 4.46. The van der Waals surface area contributed by atoms with Crippen molar-refractivity contribution in [2.24, 2.45) is 5.92 Å². The smallest absolute Gasteiger partial charge is 0.409 e. The molecule has 2 heterocycles. The molecule has 0 spiro atoms. The summed E-state index contributed by atoms with van der Waals surface area (Å²) < 4.78 is 5.13. The van der Waals surface area contributed by atoms with Gasteiger partial charge in [-0.15, -0.1) is 0 Å². The van der Waals surface area contributed by atoms with Gasteiger partial charge in [-0.05, 0) is 44.7 Å². The Bertz CT molecular complexity index is 215. The van der Waals surface area contributed by atoms with Crippen molar-refractivity contribution in [3.05, 3.63) is 0 Å². The highest BCUT2D eigenvalue weighted by atomic mass is 16.6. The van der Waals surface area contributed by atoms with Crippen LogP contribution in [0.25, 0.3) is 0 Å². The Hall–Kier alpha value is -0.770. The van der Waals surface area contributed by atoms with E-state index in [4.69, 9.17) is 4.74 Å². The molecule has 0 aliphatic carbocycles. The molecule has 0 aromatic carbocycles. The van der Waals surface area contributed by atoms with Gasteiger partial charge in [0.2, 0.25) is 0 Å². The summed E-state index contributed by atoms with van der Waals surface area (Å²) in [7, 11) is 0. The van der Waals surface area contributed by atoms with E-state index >= 15 is 0 Å². The number of nitrogens with one attached hydrogen (secondary N) is 1. The summed E-state index contributed by atoms with van der Waals surface area (Å²) in [6.07, 6.45) is 4.35. The topological polar surface area (TPSA) is 41.6 Å². The lowest BCUT2D eigenvalue weighted by atomic mass is 9.97. The summed E-state index contributed by atoms with van der Waals surface area (Å²) in [5.74, 6) is 0.664. The molecule has 2 aliphatic heterocycles. The summed E-state index contributed by atoms with van der Waals surface area (Å²) >= 11 is 0. The minimum absolute atomic E-state index is 0.106. The minimum atomic E-state index is -0.106. The Balaban J connectivity index is 1.82. The number of amides is 1. The second-order valence-corrected chi connectivity index (χ2v) is 4.46. The molecule has 0 atom stereocenters. The van der Waals surface area contributed by atoms with Gasteiger partial charge < -0.3 is 15.0 Å². The summed E-state index contributed by atoms with van der Waals surface area (Å²) in [6.45, 7) is 4.55. The van der Waals surface area contributed by atoms with Crippen LogP contribution in [0.4, 0.5) is 4.79 Å². The SMILES string of the molecule is O=C1OCCCCN1CC1CCNCC1. The van der Waals surface area contributed by atoms with Crippen LogP contribution >= 0.6 is 0 Å². The van der Waals surface area contributed by atoms with E-state index in [9.17, 15) is 4.79 Å². The Morgan fingerprint density at radius 1 is 1.33 bits per heavy atom. The molecule has 15 heavy (non-hydrogen) atoms.